The summed E-state index contributed by atoms with van der Waals surface area (Å²) in [5, 5.41) is 0.252. The molecule has 0 aliphatic carbocycles. The lowest BCUT2D eigenvalue weighted by Crippen LogP contribution is -2.04. The second kappa shape index (κ2) is 4.58. The molecule has 0 N–H and O–H groups in total. The lowest BCUT2D eigenvalue weighted by atomic mass is 10.5. The first kappa shape index (κ1) is 11.7. The van der Waals surface area contributed by atoms with Gasteiger partial charge in [-0.2, -0.15) is 4.98 Å². The van der Waals surface area contributed by atoms with Crippen molar-refractivity contribution in [3.63, 3.8) is 0 Å². The van der Waals surface area contributed by atoms with Crippen molar-refractivity contribution in [1.82, 2.24) is 14.4 Å². The summed E-state index contributed by atoms with van der Waals surface area (Å²) in [6, 6.07) is 0. The number of carbonyl (C=O) groups excluding carboxylic acids is 1. The Bertz CT molecular complexity index is 567. The van der Waals surface area contributed by atoms with Crippen molar-refractivity contribution < 1.29 is 14.3 Å². The van der Waals surface area contributed by atoms with E-state index in [2.05, 4.69) is 9.97 Å². The molecule has 0 saturated carbocycles. The zero-order chi connectivity index (χ0) is 12.4. The molecule has 0 saturated heterocycles. The summed E-state index contributed by atoms with van der Waals surface area (Å²) in [6.45, 7) is 2.02. The number of nitrogens with zero attached hydrogens (tertiary/aromatic N) is 3. The molecule has 0 aliphatic heterocycles. The highest BCUT2D eigenvalue weighted by molar-refractivity contribution is 6.29. The molecular weight excluding hydrogens is 246 g/mol. The Balaban J connectivity index is 2.53. The Kier molecular flexibility index (Phi) is 3.14. The molecule has 0 aliphatic rings. The number of aromatic nitrogens is 3. The number of halogens is 1. The van der Waals surface area contributed by atoms with Gasteiger partial charge < -0.3 is 9.47 Å². The molecule has 17 heavy (non-hydrogen) atoms. The van der Waals surface area contributed by atoms with E-state index < -0.39 is 5.97 Å². The van der Waals surface area contributed by atoms with Gasteiger partial charge in [-0.15, -0.1) is 0 Å². The van der Waals surface area contributed by atoms with E-state index >= 15 is 0 Å². The number of imidazole rings is 1. The molecule has 0 unspecified atom stereocenters. The molecule has 0 amide bonds. The summed E-state index contributed by atoms with van der Waals surface area (Å²) in [5.41, 5.74) is 0.606. The molecule has 6 nitrogen and oxygen atoms in total. The molecule has 0 spiro atoms. The second-order valence-electron chi connectivity index (χ2n) is 3.15. The predicted molar refractivity (Wildman–Crippen MR) is 60.5 cm³/mol. The maximum absolute atomic E-state index is 11.5. The maximum Gasteiger partial charge on any atom is 0.358 e. The summed E-state index contributed by atoms with van der Waals surface area (Å²) < 4.78 is 11.5. The van der Waals surface area contributed by atoms with Gasteiger partial charge in [0.2, 0.25) is 5.65 Å². The van der Waals surface area contributed by atoms with Crippen molar-refractivity contribution in [2.75, 3.05) is 13.7 Å². The predicted octanol–water partition coefficient (Wildman–Crippen LogP) is 1.57. The van der Waals surface area contributed by atoms with Gasteiger partial charge >= 0.3 is 5.97 Å². The second-order valence-corrected chi connectivity index (χ2v) is 3.54. The van der Waals surface area contributed by atoms with E-state index in [-0.39, 0.29) is 16.7 Å². The zero-order valence-electron chi connectivity index (χ0n) is 9.31. The fourth-order valence-electron chi connectivity index (χ4n) is 1.38. The van der Waals surface area contributed by atoms with Crippen LogP contribution in [0.25, 0.3) is 5.65 Å². The van der Waals surface area contributed by atoms with Crippen molar-refractivity contribution in [2.45, 2.75) is 6.92 Å². The number of carbonyl (C=O) groups is 1. The van der Waals surface area contributed by atoms with Crippen LogP contribution in [0.5, 0.6) is 5.88 Å². The van der Waals surface area contributed by atoms with Crippen LogP contribution >= 0.6 is 11.6 Å². The van der Waals surface area contributed by atoms with Crippen molar-refractivity contribution >= 4 is 23.2 Å². The maximum atomic E-state index is 11.5. The molecule has 2 rings (SSSR count). The molecular formula is C10H10ClN3O3. The van der Waals surface area contributed by atoms with Crippen molar-refractivity contribution in [3.8, 4) is 5.88 Å². The average Bonchev–Trinajstić information content (AvgIpc) is 2.71. The highest BCUT2D eigenvalue weighted by Gasteiger charge is 2.15. The average molecular weight is 256 g/mol. The van der Waals surface area contributed by atoms with E-state index in [0.29, 0.717) is 12.3 Å². The first-order chi connectivity index (χ1) is 8.15. The van der Waals surface area contributed by atoms with Gasteiger partial charge in [0.05, 0.1) is 13.7 Å². The molecule has 0 fully saturated rings. The quantitative estimate of drug-likeness (QED) is 0.779. The monoisotopic (exact) mass is 255 g/mol. The first-order valence-electron chi connectivity index (χ1n) is 4.92. The Hall–Kier alpha value is -1.82. The van der Waals surface area contributed by atoms with Crippen LogP contribution in [0, 0.1) is 0 Å². The van der Waals surface area contributed by atoms with Crippen LogP contribution in [0.15, 0.2) is 12.4 Å². The Labute approximate surface area is 102 Å². The lowest BCUT2D eigenvalue weighted by molar-refractivity contribution is 0.0520. The van der Waals surface area contributed by atoms with Crippen LogP contribution in [-0.2, 0) is 4.74 Å². The fourth-order valence-corrected chi connectivity index (χ4v) is 1.56. The molecule has 0 radical (unpaired) electrons. The molecule has 0 bridgehead atoms. The number of fused-ring (bicyclic) bond motifs is 1. The Morgan fingerprint density at radius 2 is 2.24 bits per heavy atom. The van der Waals surface area contributed by atoms with E-state index in [0.717, 1.165) is 0 Å². The number of hydrogen-bond acceptors (Lipinski definition) is 5. The summed E-state index contributed by atoms with van der Waals surface area (Å²) >= 11 is 5.80. The van der Waals surface area contributed by atoms with Gasteiger partial charge in [-0.25, -0.2) is 9.78 Å². The molecule has 7 heteroatoms. The lowest BCUT2D eigenvalue weighted by Gasteiger charge is -2.00. The molecule has 0 atom stereocenters. The van der Waals surface area contributed by atoms with Crippen molar-refractivity contribution in [3.05, 3.63) is 23.2 Å². The third-order valence-corrected chi connectivity index (χ3v) is 2.24. The summed E-state index contributed by atoms with van der Waals surface area (Å²) in [5.74, 6) is -0.234. The number of methoxy groups -OCH3 is 1. The van der Waals surface area contributed by atoms with Gasteiger partial charge in [-0.1, -0.05) is 11.6 Å². The normalized spacial score (nSPS) is 10.5. The Morgan fingerprint density at radius 3 is 2.88 bits per heavy atom. The highest BCUT2D eigenvalue weighted by atomic mass is 35.5. The molecule has 2 aromatic heterocycles. The van der Waals surface area contributed by atoms with Crippen LogP contribution in [0.1, 0.15) is 17.4 Å². The number of hydrogen-bond donors (Lipinski definition) is 0. The first-order valence-corrected chi connectivity index (χ1v) is 5.30. The molecule has 90 valence electrons. The number of esters is 1. The highest BCUT2D eigenvalue weighted by Crippen LogP contribution is 2.19. The Morgan fingerprint density at radius 1 is 1.47 bits per heavy atom. The topological polar surface area (TPSA) is 65.7 Å². The summed E-state index contributed by atoms with van der Waals surface area (Å²) in [7, 11) is 1.46. The van der Waals surface area contributed by atoms with E-state index in [4.69, 9.17) is 21.1 Å². The number of ether oxygens (including phenoxy) is 2. The van der Waals surface area contributed by atoms with Crippen LogP contribution in [0.4, 0.5) is 0 Å². The van der Waals surface area contributed by atoms with Gasteiger partial charge in [-0.05, 0) is 6.92 Å². The standard InChI is InChI=1S/C10H10ClN3O3/c1-3-17-10(15)6-4-14-5-7(11)13-9(16-2)8(14)12-6/h4-5H,3H2,1-2H3. The van der Waals surface area contributed by atoms with Gasteiger partial charge in [0, 0.05) is 12.4 Å². The third kappa shape index (κ3) is 2.16. The van der Waals surface area contributed by atoms with Crippen LogP contribution < -0.4 is 4.74 Å². The van der Waals surface area contributed by atoms with Crippen molar-refractivity contribution in [2.24, 2.45) is 0 Å². The van der Waals surface area contributed by atoms with Crippen LogP contribution in [-0.4, -0.2) is 34.1 Å². The largest absolute Gasteiger partial charge is 0.478 e. The van der Waals surface area contributed by atoms with Gasteiger partial charge in [0.1, 0.15) is 5.15 Å². The van der Waals surface area contributed by atoms with E-state index in [1.54, 1.807) is 11.3 Å². The minimum Gasteiger partial charge on any atom is -0.478 e. The van der Waals surface area contributed by atoms with Crippen LogP contribution in [0.2, 0.25) is 5.15 Å². The summed E-state index contributed by atoms with van der Waals surface area (Å²) in [4.78, 5) is 19.5. The minimum absolute atomic E-state index is 0.189. The third-order valence-electron chi connectivity index (χ3n) is 2.06. The number of rotatable bonds is 3. The summed E-state index contributed by atoms with van der Waals surface area (Å²) in [6.07, 6.45) is 3.05. The smallest absolute Gasteiger partial charge is 0.358 e. The van der Waals surface area contributed by atoms with Gasteiger partial charge in [0.15, 0.2) is 5.69 Å². The molecule has 2 aromatic rings. The molecule has 2 heterocycles. The van der Waals surface area contributed by atoms with Crippen LogP contribution in [0.3, 0.4) is 0 Å². The van der Waals surface area contributed by atoms with E-state index in [1.165, 1.54) is 19.5 Å². The fraction of sp³-hybridized carbons (Fsp3) is 0.300. The van der Waals surface area contributed by atoms with Gasteiger partial charge in [-0.3, -0.25) is 4.40 Å². The van der Waals surface area contributed by atoms with Gasteiger partial charge in [0.25, 0.3) is 5.88 Å². The van der Waals surface area contributed by atoms with E-state index in [1.807, 2.05) is 0 Å². The SMILES string of the molecule is CCOC(=O)c1cn2cc(Cl)nc(OC)c2n1. The van der Waals surface area contributed by atoms with E-state index in [9.17, 15) is 4.79 Å². The molecule has 0 aromatic carbocycles. The van der Waals surface area contributed by atoms with Crippen molar-refractivity contribution in [1.29, 1.82) is 0 Å². The zero-order valence-corrected chi connectivity index (χ0v) is 10.1. The minimum atomic E-state index is -0.491.